The van der Waals surface area contributed by atoms with Gasteiger partial charge in [-0.15, -0.1) is 11.6 Å². The minimum Gasteiger partial charge on any atom is -0.268 e. The molecular formula is C11H15ClN2. The number of aryl methyl sites for hydroxylation is 1. The molecule has 3 heteroatoms. The largest absolute Gasteiger partial charge is 0.268 e. The predicted octanol–water partition coefficient (Wildman–Crippen LogP) is 2.98. The lowest BCUT2D eigenvalue weighted by Gasteiger charge is -2.05. The Balaban J connectivity index is 2.28. The molecule has 2 nitrogen and oxygen atoms in total. The first-order valence-corrected chi connectivity index (χ1v) is 5.54. The lowest BCUT2D eigenvalue weighted by molar-refractivity contribution is 0.717. The van der Waals surface area contributed by atoms with Gasteiger partial charge in [0.1, 0.15) is 0 Å². The highest BCUT2D eigenvalue weighted by atomic mass is 35.5. The number of hydrogen-bond acceptors (Lipinski definition) is 1. The second-order valence-electron chi connectivity index (χ2n) is 3.79. The topological polar surface area (TPSA) is 17.8 Å². The number of allylic oxidation sites excluding steroid dienone is 2. The van der Waals surface area contributed by atoms with Gasteiger partial charge in [-0.3, -0.25) is 4.68 Å². The fourth-order valence-electron chi connectivity index (χ4n) is 1.94. The Morgan fingerprint density at radius 1 is 1.50 bits per heavy atom. The predicted molar refractivity (Wildman–Crippen MR) is 59.3 cm³/mol. The van der Waals surface area contributed by atoms with E-state index in [1.807, 2.05) is 17.9 Å². The maximum atomic E-state index is 6.18. The molecule has 0 amide bonds. The molecule has 1 heterocycles. The molecule has 1 aromatic rings. The molecule has 0 bridgehead atoms. The zero-order valence-corrected chi connectivity index (χ0v) is 9.17. The summed E-state index contributed by atoms with van der Waals surface area (Å²) >= 11 is 6.18. The van der Waals surface area contributed by atoms with Gasteiger partial charge in [-0.1, -0.05) is 12.5 Å². The minimum absolute atomic E-state index is 0.197. The van der Waals surface area contributed by atoms with Crippen LogP contribution in [0.5, 0.6) is 0 Å². The van der Waals surface area contributed by atoms with Gasteiger partial charge in [-0.25, -0.2) is 0 Å². The van der Waals surface area contributed by atoms with Crippen LogP contribution in [0.15, 0.2) is 18.3 Å². The fourth-order valence-corrected chi connectivity index (χ4v) is 2.25. The van der Waals surface area contributed by atoms with Crippen molar-refractivity contribution in [3.8, 4) is 0 Å². The van der Waals surface area contributed by atoms with Crippen molar-refractivity contribution in [2.24, 2.45) is 7.05 Å². The van der Waals surface area contributed by atoms with Crippen LogP contribution in [0.3, 0.4) is 0 Å². The van der Waals surface area contributed by atoms with Crippen molar-refractivity contribution < 1.29 is 0 Å². The lowest BCUT2D eigenvalue weighted by Crippen LogP contribution is -1.98. The van der Waals surface area contributed by atoms with Gasteiger partial charge in [-0.2, -0.15) is 5.10 Å². The summed E-state index contributed by atoms with van der Waals surface area (Å²) in [6.07, 6.45) is 8.72. The van der Waals surface area contributed by atoms with Crippen LogP contribution in [0.2, 0.25) is 0 Å². The second kappa shape index (κ2) is 4.18. The maximum absolute atomic E-state index is 6.18. The molecule has 0 radical (unpaired) electrons. The quantitative estimate of drug-likeness (QED) is 0.652. The highest BCUT2D eigenvalue weighted by Gasteiger charge is 2.12. The van der Waals surface area contributed by atoms with Gasteiger partial charge in [0.25, 0.3) is 0 Å². The summed E-state index contributed by atoms with van der Waals surface area (Å²) in [4.78, 5) is 0. The molecule has 0 aromatic carbocycles. The van der Waals surface area contributed by atoms with Crippen molar-refractivity contribution in [1.29, 1.82) is 0 Å². The third kappa shape index (κ3) is 2.01. The highest BCUT2D eigenvalue weighted by Crippen LogP contribution is 2.27. The van der Waals surface area contributed by atoms with Gasteiger partial charge >= 0.3 is 0 Å². The first-order valence-electron chi connectivity index (χ1n) is 5.10. The monoisotopic (exact) mass is 210 g/mol. The Kier molecular flexibility index (Phi) is 2.92. The van der Waals surface area contributed by atoms with Crippen LogP contribution >= 0.6 is 11.6 Å². The molecule has 14 heavy (non-hydrogen) atoms. The first-order chi connectivity index (χ1) is 6.77. The van der Waals surface area contributed by atoms with E-state index < -0.39 is 0 Å². The molecule has 0 saturated carbocycles. The Labute approximate surface area is 89.6 Å². The van der Waals surface area contributed by atoms with E-state index in [4.69, 9.17) is 11.6 Å². The van der Waals surface area contributed by atoms with E-state index in [2.05, 4.69) is 17.2 Å². The average molecular weight is 211 g/mol. The molecule has 0 aliphatic heterocycles. The molecule has 0 spiro atoms. The summed E-state index contributed by atoms with van der Waals surface area (Å²) in [6, 6.07) is 2.06. The van der Waals surface area contributed by atoms with Crippen LogP contribution < -0.4 is 0 Å². The van der Waals surface area contributed by atoms with Crippen molar-refractivity contribution in [2.75, 3.05) is 0 Å². The van der Waals surface area contributed by atoms with Crippen LogP contribution in [0.1, 0.15) is 31.4 Å². The van der Waals surface area contributed by atoms with E-state index in [-0.39, 0.29) is 5.38 Å². The average Bonchev–Trinajstić information content (AvgIpc) is 2.45. The van der Waals surface area contributed by atoms with Gasteiger partial charge in [0.05, 0.1) is 11.1 Å². The number of aromatic nitrogens is 2. The number of hydrogen-bond donors (Lipinski definition) is 0. The highest BCUT2D eigenvalue weighted by molar-refractivity contribution is 6.22. The first kappa shape index (κ1) is 9.78. The van der Waals surface area contributed by atoms with Crippen LogP contribution in [0.25, 0.3) is 5.57 Å². The number of nitrogens with zero attached hydrogens (tertiary/aromatic N) is 2. The van der Waals surface area contributed by atoms with Gasteiger partial charge < -0.3 is 0 Å². The van der Waals surface area contributed by atoms with Gasteiger partial charge in [0.2, 0.25) is 0 Å². The number of rotatable bonds is 1. The number of halogens is 1. The van der Waals surface area contributed by atoms with Crippen LogP contribution in [-0.4, -0.2) is 15.2 Å². The van der Waals surface area contributed by atoms with Crippen LogP contribution in [0.4, 0.5) is 0 Å². The molecule has 1 aliphatic rings. The van der Waals surface area contributed by atoms with Crippen molar-refractivity contribution in [3.05, 3.63) is 24.0 Å². The normalized spacial score (nSPS) is 23.0. The van der Waals surface area contributed by atoms with Crippen molar-refractivity contribution in [3.63, 3.8) is 0 Å². The van der Waals surface area contributed by atoms with E-state index in [1.165, 1.54) is 24.1 Å². The number of alkyl halides is 1. The van der Waals surface area contributed by atoms with E-state index >= 15 is 0 Å². The summed E-state index contributed by atoms with van der Waals surface area (Å²) in [6.45, 7) is 0. The Morgan fingerprint density at radius 2 is 2.36 bits per heavy atom. The van der Waals surface area contributed by atoms with Crippen molar-refractivity contribution in [2.45, 2.75) is 31.1 Å². The van der Waals surface area contributed by atoms with Crippen LogP contribution in [0, 0.1) is 0 Å². The standard InChI is InChI=1S/C11H15ClN2/c1-14-11(6-7-13-14)9-4-2-3-5-10(12)8-9/h6-8,10H,2-5H2,1H3. The summed E-state index contributed by atoms with van der Waals surface area (Å²) < 4.78 is 1.92. The second-order valence-corrected chi connectivity index (χ2v) is 4.35. The van der Waals surface area contributed by atoms with Crippen LogP contribution in [-0.2, 0) is 7.05 Å². The zero-order chi connectivity index (χ0) is 9.97. The summed E-state index contributed by atoms with van der Waals surface area (Å²) in [5, 5.41) is 4.38. The molecule has 1 atom stereocenters. The van der Waals surface area contributed by atoms with E-state index in [1.54, 1.807) is 0 Å². The maximum Gasteiger partial charge on any atom is 0.0635 e. The third-order valence-corrected chi connectivity index (χ3v) is 3.05. The summed E-state index contributed by atoms with van der Waals surface area (Å²) in [7, 11) is 1.98. The smallest absolute Gasteiger partial charge is 0.0635 e. The molecule has 76 valence electrons. The molecule has 1 aromatic heterocycles. The fraction of sp³-hybridized carbons (Fsp3) is 0.545. The zero-order valence-electron chi connectivity index (χ0n) is 8.41. The van der Waals surface area contributed by atoms with Gasteiger partial charge in [0.15, 0.2) is 0 Å². The van der Waals surface area contributed by atoms with Crippen molar-refractivity contribution >= 4 is 17.2 Å². The Hall–Kier alpha value is -0.760. The van der Waals surface area contributed by atoms with Gasteiger partial charge in [0, 0.05) is 13.2 Å². The summed E-state index contributed by atoms with van der Waals surface area (Å²) in [5.74, 6) is 0. The van der Waals surface area contributed by atoms with E-state index in [0.29, 0.717) is 0 Å². The third-order valence-electron chi connectivity index (χ3n) is 2.71. The molecule has 0 saturated heterocycles. The minimum atomic E-state index is 0.197. The Morgan fingerprint density at radius 3 is 3.07 bits per heavy atom. The molecule has 2 rings (SSSR count). The summed E-state index contributed by atoms with van der Waals surface area (Å²) in [5.41, 5.74) is 2.56. The molecule has 1 aliphatic carbocycles. The van der Waals surface area contributed by atoms with E-state index in [0.717, 1.165) is 12.8 Å². The molecule has 1 unspecified atom stereocenters. The Bertz CT molecular complexity index is 341. The van der Waals surface area contributed by atoms with Gasteiger partial charge in [-0.05, 0) is 30.9 Å². The molecule has 0 N–H and O–H groups in total. The molecular weight excluding hydrogens is 196 g/mol. The SMILES string of the molecule is Cn1nccc1C1=CC(Cl)CCCC1. The molecule has 0 fully saturated rings. The lowest BCUT2D eigenvalue weighted by atomic mass is 10.1. The van der Waals surface area contributed by atoms with Crippen molar-refractivity contribution in [1.82, 2.24) is 9.78 Å². The van der Waals surface area contributed by atoms with E-state index in [9.17, 15) is 0 Å².